The van der Waals surface area contributed by atoms with Gasteiger partial charge in [-0.2, -0.15) is 0 Å². The van der Waals surface area contributed by atoms with Gasteiger partial charge >= 0.3 is 0 Å². The van der Waals surface area contributed by atoms with Crippen LogP contribution in [0.25, 0.3) is 0 Å². The first kappa shape index (κ1) is 7.84. The number of hydrogen-bond acceptors (Lipinski definition) is 4. The zero-order valence-electron chi connectivity index (χ0n) is 4.76. The quantitative estimate of drug-likeness (QED) is 0.342. The second-order valence-electron chi connectivity index (χ2n) is 1.49. The Morgan fingerprint density at radius 2 is 2.25 bits per heavy atom. The van der Waals surface area contributed by atoms with Gasteiger partial charge in [-0.3, -0.25) is 0 Å². The summed E-state index contributed by atoms with van der Waals surface area (Å²) >= 11 is 0. The lowest BCUT2D eigenvalue weighted by Crippen LogP contribution is -2.10. The largest absolute Gasteiger partial charge is 0.317 e. The third kappa shape index (κ3) is 5.84. The number of hydroxylamine groups is 1. The molecule has 0 spiro atoms. The zero-order chi connectivity index (χ0) is 6.24. The predicted molar refractivity (Wildman–Crippen MR) is 29.2 cm³/mol. The smallest absolute Gasteiger partial charge is 0.0679 e. The van der Waals surface area contributed by atoms with E-state index < -0.39 is 0 Å². The second-order valence-corrected chi connectivity index (χ2v) is 1.49. The minimum absolute atomic E-state index is 0.557. The van der Waals surface area contributed by atoms with Gasteiger partial charge in [-0.15, -0.1) is 0 Å². The fraction of sp³-hybridized carbons (Fsp3) is 1.00. The maximum Gasteiger partial charge on any atom is 0.0679 e. The first-order valence-corrected chi connectivity index (χ1v) is 2.60. The van der Waals surface area contributed by atoms with E-state index in [9.17, 15) is 0 Å². The highest BCUT2D eigenvalue weighted by Crippen LogP contribution is 1.83. The van der Waals surface area contributed by atoms with E-state index in [1.165, 1.54) is 0 Å². The highest BCUT2D eigenvalue weighted by Gasteiger charge is 1.83. The van der Waals surface area contributed by atoms with Crippen LogP contribution in [0.4, 0.5) is 0 Å². The van der Waals surface area contributed by atoms with Crippen molar-refractivity contribution in [2.24, 2.45) is 5.90 Å². The second kappa shape index (κ2) is 6.84. The van der Waals surface area contributed by atoms with Crippen molar-refractivity contribution in [1.29, 1.82) is 0 Å². The van der Waals surface area contributed by atoms with E-state index in [1.807, 2.05) is 5.48 Å². The molecule has 0 amide bonds. The Labute approximate surface area is 48.5 Å². The lowest BCUT2D eigenvalue weighted by molar-refractivity contribution is 0.125. The molecule has 0 heterocycles. The summed E-state index contributed by atoms with van der Waals surface area (Å²) in [4.78, 5) is 4.28. The predicted octanol–water partition coefficient (Wildman–Crippen LogP) is -0.364. The molecule has 0 unspecified atom stereocenters. The summed E-state index contributed by atoms with van der Waals surface area (Å²) in [7, 11) is 0. The first-order chi connectivity index (χ1) is 3.91. The van der Waals surface area contributed by atoms with Crippen molar-refractivity contribution < 1.29 is 10.0 Å². The molecule has 4 N–H and O–H groups in total. The molecule has 8 heavy (non-hydrogen) atoms. The monoisotopic (exact) mass is 120 g/mol. The Bertz CT molecular complexity index is 37.0. The standard InChI is InChI=1S/C4H12N2O2/c5-8-4-2-1-3-6-7/h6-7H,1-5H2. The third-order valence-electron chi connectivity index (χ3n) is 0.801. The van der Waals surface area contributed by atoms with Crippen LogP contribution in [-0.4, -0.2) is 18.4 Å². The van der Waals surface area contributed by atoms with Gasteiger partial charge in [0, 0.05) is 6.54 Å². The van der Waals surface area contributed by atoms with Crippen LogP contribution in [0, 0.1) is 0 Å². The van der Waals surface area contributed by atoms with E-state index in [-0.39, 0.29) is 0 Å². The van der Waals surface area contributed by atoms with Gasteiger partial charge in [0.1, 0.15) is 0 Å². The van der Waals surface area contributed by atoms with Crippen LogP contribution < -0.4 is 11.4 Å². The Morgan fingerprint density at radius 3 is 2.75 bits per heavy atom. The highest BCUT2D eigenvalue weighted by molar-refractivity contribution is 4.37. The van der Waals surface area contributed by atoms with Crippen molar-refractivity contribution in [3.05, 3.63) is 0 Å². The number of nitrogens with two attached hydrogens (primary N) is 1. The highest BCUT2D eigenvalue weighted by atomic mass is 16.6. The molecular weight excluding hydrogens is 108 g/mol. The van der Waals surface area contributed by atoms with Gasteiger partial charge in [-0.05, 0) is 12.8 Å². The van der Waals surface area contributed by atoms with Crippen LogP contribution in [0.3, 0.4) is 0 Å². The van der Waals surface area contributed by atoms with Crippen molar-refractivity contribution in [3.8, 4) is 0 Å². The van der Waals surface area contributed by atoms with Crippen LogP contribution >= 0.6 is 0 Å². The Kier molecular flexibility index (Phi) is 6.70. The van der Waals surface area contributed by atoms with Crippen LogP contribution in [0.15, 0.2) is 0 Å². The summed E-state index contributed by atoms with van der Waals surface area (Å²) < 4.78 is 0. The molecule has 0 aliphatic rings. The van der Waals surface area contributed by atoms with E-state index >= 15 is 0 Å². The molecule has 0 aliphatic carbocycles. The van der Waals surface area contributed by atoms with Crippen molar-refractivity contribution >= 4 is 0 Å². The summed E-state index contributed by atoms with van der Waals surface area (Å²) in [6.07, 6.45) is 1.76. The summed E-state index contributed by atoms with van der Waals surface area (Å²) in [5, 5.41) is 8.04. The van der Waals surface area contributed by atoms with E-state index in [0.29, 0.717) is 13.2 Å². The number of rotatable bonds is 5. The maximum atomic E-state index is 8.04. The van der Waals surface area contributed by atoms with Crippen molar-refractivity contribution in [2.75, 3.05) is 13.2 Å². The average Bonchev–Trinajstić information content (AvgIpc) is 1.81. The maximum absolute atomic E-state index is 8.04. The summed E-state index contributed by atoms with van der Waals surface area (Å²) in [6, 6.07) is 0. The lowest BCUT2D eigenvalue weighted by atomic mass is 10.3. The molecule has 0 bridgehead atoms. The number of hydrogen-bond donors (Lipinski definition) is 3. The van der Waals surface area contributed by atoms with Crippen molar-refractivity contribution in [1.82, 2.24) is 5.48 Å². The van der Waals surface area contributed by atoms with Gasteiger partial charge in [0.05, 0.1) is 6.61 Å². The summed E-state index contributed by atoms with van der Waals surface area (Å²) in [5.74, 6) is 4.73. The normalized spacial score (nSPS) is 9.75. The first-order valence-electron chi connectivity index (χ1n) is 2.60. The molecule has 0 aromatic heterocycles. The fourth-order valence-electron chi connectivity index (χ4n) is 0.389. The van der Waals surface area contributed by atoms with Crippen LogP contribution in [0.5, 0.6) is 0 Å². The fourth-order valence-corrected chi connectivity index (χ4v) is 0.389. The molecule has 0 aromatic carbocycles. The van der Waals surface area contributed by atoms with Crippen LogP contribution in [-0.2, 0) is 4.84 Å². The lowest BCUT2D eigenvalue weighted by Gasteiger charge is -1.95. The molecule has 0 saturated carbocycles. The molecule has 0 saturated heterocycles. The Balaban J connectivity index is 2.53. The third-order valence-corrected chi connectivity index (χ3v) is 0.801. The van der Waals surface area contributed by atoms with Gasteiger partial charge in [0.25, 0.3) is 0 Å². The number of unbranched alkanes of at least 4 members (excludes halogenated alkanes) is 1. The topological polar surface area (TPSA) is 67.5 Å². The molecule has 50 valence electrons. The SMILES string of the molecule is NOCCCCNO. The van der Waals surface area contributed by atoms with E-state index in [0.717, 1.165) is 12.8 Å². The summed E-state index contributed by atoms with van der Waals surface area (Å²) in [6.45, 7) is 1.16. The van der Waals surface area contributed by atoms with Crippen LogP contribution in [0.1, 0.15) is 12.8 Å². The van der Waals surface area contributed by atoms with E-state index in [4.69, 9.17) is 11.1 Å². The molecule has 0 aromatic rings. The number of nitrogens with one attached hydrogen (secondary N) is 1. The van der Waals surface area contributed by atoms with Crippen LogP contribution in [0.2, 0.25) is 0 Å². The molecule has 0 fully saturated rings. The van der Waals surface area contributed by atoms with E-state index in [1.54, 1.807) is 0 Å². The molecular formula is C4H12N2O2. The minimum Gasteiger partial charge on any atom is -0.317 e. The van der Waals surface area contributed by atoms with Crippen molar-refractivity contribution in [2.45, 2.75) is 12.8 Å². The summed E-state index contributed by atoms with van der Waals surface area (Å²) in [5.41, 5.74) is 2.03. The zero-order valence-corrected chi connectivity index (χ0v) is 4.76. The molecule has 4 nitrogen and oxygen atoms in total. The van der Waals surface area contributed by atoms with Gasteiger partial charge in [-0.1, -0.05) is 0 Å². The minimum atomic E-state index is 0.557. The van der Waals surface area contributed by atoms with Gasteiger partial charge in [0.15, 0.2) is 0 Å². The molecule has 0 atom stereocenters. The molecule has 4 heteroatoms. The van der Waals surface area contributed by atoms with Gasteiger partial charge in [-0.25, -0.2) is 11.4 Å². The molecule has 0 rings (SSSR count). The van der Waals surface area contributed by atoms with Gasteiger partial charge in [0.2, 0.25) is 0 Å². The Morgan fingerprint density at radius 1 is 1.50 bits per heavy atom. The Hall–Kier alpha value is -0.160. The molecule has 0 radical (unpaired) electrons. The van der Waals surface area contributed by atoms with Gasteiger partial charge < -0.3 is 10.0 Å². The molecule has 0 aliphatic heterocycles. The van der Waals surface area contributed by atoms with E-state index in [2.05, 4.69) is 4.84 Å². The van der Waals surface area contributed by atoms with Crippen molar-refractivity contribution in [3.63, 3.8) is 0 Å². The average molecular weight is 120 g/mol.